The van der Waals surface area contributed by atoms with Gasteiger partial charge in [0.15, 0.2) is 0 Å². The number of rotatable bonds is 4. The largest absolute Gasteiger partial charge is 0.492 e. The number of fused-ring (bicyclic) bond motifs is 2. The van der Waals surface area contributed by atoms with Crippen molar-refractivity contribution in [2.75, 3.05) is 25.0 Å². The molecule has 0 saturated carbocycles. The summed E-state index contributed by atoms with van der Waals surface area (Å²) >= 11 is 0. The zero-order valence-corrected chi connectivity index (χ0v) is 14.7. The van der Waals surface area contributed by atoms with Gasteiger partial charge in [-0.05, 0) is 47.9 Å². The van der Waals surface area contributed by atoms with Crippen molar-refractivity contribution in [1.29, 1.82) is 0 Å². The third kappa shape index (κ3) is 3.64. The number of hydrogen-bond acceptors (Lipinski definition) is 4. The summed E-state index contributed by atoms with van der Waals surface area (Å²) in [6.45, 7) is 1.81. The van der Waals surface area contributed by atoms with Crippen LogP contribution in [0.4, 0.5) is 10.1 Å². The Hall–Kier alpha value is -2.93. The van der Waals surface area contributed by atoms with E-state index in [9.17, 15) is 14.0 Å². The number of carbonyl (C=O) groups excluding carboxylic acids is 2. The van der Waals surface area contributed by atoms with Gasteiger partial charge in [-0.25, -0.2) is 4.39 Å². The van der Waals surface area contributed by atoms with E-state index in [0.29, 0.717) is 23.5 Å². The van der Waals surface area contributed by atoms with E-state index in [4.69, 9.17) is 10.5 Å². The standard InChI is InChI=1S/C20H20FN3O3/c21-14-2-4-18-16(8-14)17(11-27-18)20(26)23-15-3-1-12-5-6-24(10-19(22)25)9-13(12)7-15/h1-4,7-8,17H,5-6,9-11H2,(H2,22,25)(H,23,26). The zero-order valence-electron chi connectivity index (χ0n) is 14.7. The summed E-state index contributed by atoms with van der Waals surface area (Å²) in [6, 6.07) is 9.99. The number of hydrogen-bond donors (Lipinski definition) is 2. The van der Waals surface area contributed by atoms with Crippen LogP contribution in [0.3, 0.4) is 0 Å². The van der Waals surface area contributed by atoms with Crippen LogP contribution in [-0.2, 0) is 22.6 Å². The number of halogens is 1. The fourth-order valence-corrected chi connectivity index (χ4v) is 3.68. The molecular formula is C20H20FN3O3. The summed E-state index contributed by atoms with van der Waals surface area (Å²) in [5.74, 6) is -0.971. The van der Waals surface area contributed by atoms with E-state index in [1.807, 2.05) is 23.1 Å². The molecule has 2 heterocycles. The maximum atomic E-state index is 13.5. The molecule has 0 bridgehead atoms. The van der Waals surface area contributed by atoms with Crippen LogP contribution in [-0.4, -0.2) is 36.4 Å². The van der Waals surface area contributed by atoms with E-state index < -0.39 is 5.92 Å². The van der Waals surface area contributed by atoms with Gasteiger partial charge in [0, 0.05) is 24.3 Å². The first-order chi connectivity index (χ1) is 13.0. The molecule has 2 aliphatic rings. The summed E-state index contributed by atoms with van der Waals surface area (Å²) in [7, 11) is 0. The number of benzene rings is 2. The normalized spacial score (nSPS) is 18.3. The molecule has 0 aliphatic carbocycles. The van der Waals surface area contributed by atoms with Gasteiger partial charge in [-0.1, -0.05) is 6.07 Å². The highest BCUT2D eigenvalue weighted by molar-refractivity contribution is 5.97. The van der Waals surface area contributed by atoms with Crippen LogP contribution in [0.15, 0.2) is 36.4 Å². The van der Waals surface area contributed by atoms with Crippen molar-refractivity contribution in [1.82, 2.24) is 4.90 Å². The number of amides is 2. The van der Waals surface area contributed by atoms with E-state index in [1.54, 1.807) is 6.07 Å². The van der Waals surface area contributed by atoms with E-state index in [0.717, 1.165) is 18.5 Å². The summed E-state index contributed by atoms with van der Waals surface area (Å²) in [4.78, 5) is 25.8. The highest BCUT2D eigenvalue weighted by atomic mass is 19.1. The third-order valence-corrected chi connectivity index (χ3v) is 5.01. The number of nitrogens with one attached hydrogen (secondary N) is 1. The molecule has 2 aliphatic heterocycles. The van der Waals surface area contributed by atoms with Crippen LogP contribution in [0.25, 0.3) is 0 Å². The SMILES string of the molecule is NC(=O)CN1CCc2ccc(NC(=O)C3COc4ccc(F)cc43)cc2C1. The average Bonchev–Trinajstić information content (AvgIpc) is 3.04. The lowest BCUT2D eigenvalue weighted by Gasteiger charge is -2.28. The van der Waals surface area contributed by atoms with Gasteiger partial charge in [-0.3, -0.25) is 14.5 Å². The predicted molar refractivity (Wildman–Crippen MR) is 97.9 cm³/mol. The average molecular weight is 369 g/mol. The Morgan fingerprint density at radius 1 is 1.22 bits per heavy atom. The van der Waals surface area contributed by atoms with E-state index >= 15 is 0 Å². The topological polar surface area (TPSA) is 84.7 Å². The quantitative estimate of drug-likeness (QED) is 0.861. The smallest absolute Gasteiger partial charge is 0.235 e. The molecule has 3 N–H and O–H groups in total. The maximum Gasteiger partial charge on any atom is 0.235 e. The Balaban J connectivity index is 1.49. The molecule has 140 valence electrons. The minimum Gasteiger partial charge on any atom is -0.492 e. The molecule has 0 aromatic heterocycles. The van der Waals surface area contributed by atoms with Gasteiger partial charge in [0.05, 0.1) is 6.54 Å². The Bertz CT molecular complexity index is 915. The van der Waals surface area contributed by atoms with Crippen molar-refractivity contribution >= 4 is 17.5 Å². The number of primary amides is 1. The molecule has 0 saturated heterocycles. The molecule has 2 aromatic carbocycles. The van der Waals surface area contributed by atoms with Crippen LogP contribution in [0.1, 0.15) is 22.6 Å². The lowest BCUT2D eigenvalue weighted by Crippen LogP contribution is -2.37. The molecule has 2 amide bonds. The van der Waals surface area contributed by atoms with Crippen molar-refractivity contribution in [3.05, 3.63) is 58.9 Å². The summed E-state index contributed by atoms with van der Waals surface area (Å²) in [5, 5.41) is 2.90. The lowest BCUT2D eigenvalue weighted by atomic mass is 9.98. The Labute approximate surface area is 156 Å². The number of ether oxygens (including phenoxy) is 1. The number of nitrogens with zero attached hydrogens (tertiary/aromatic N) is 1. The van der Waals surface area contributed by atoms with Crippen LogP contribution >= 0.6 is 0 Å². The Morgan fingerprint density at radius 3 is 2.89 bits per heavy atom. The second-order valence-electron chi connectivity index (χ2n) is 6.95. The lowest BCUT2D eigenvalue weighted by molar-refractivity contribution is -0.119. The molecule has 6 nitrogen and oxygen atoms in total. The van der Waals surface area contributed by atoms with Gasteiger partial charge in [0.1, 0.15) is 24.1 Å². The predicted octanol–water partition coefficient (Wildman–Crippen LogP) is 1.78. The number of carbonyl (C=O) groups is 2. The molecule has 4 rings (SSSR count). The van der Waals surface area contributed by atoms with Gasteiger partial charge < -0.3 is 15.8 Å². The van der Waals surface area contributed by atoms with Crippen LogP contribution in [0, 0.1) is 5.82 Å². The highest BCUT2D eigenvalue weighted by Crippen LogP contribution is 2.35. The maximum absolute atomic E-state index is 13.5. The summed E-state index contributed by atoms with van der Waals surface area (Å²) < 4.78 is 19.0. The molecule has 0 radical (unpaired) electrons. The highest BCUT2D eigenvalue weighted by Gasteiger charge is 2.31. The molecule has 0 spiro atoms. The molecule has 2 aromatic rings. The van der Waals surface area contributed by atoms with Gasteiger partial charge >= 0.3 is 0 Å². The second-order valence-corrected chi connectivity index (χ2v) is 6.95. The monoisotopic (exact) mass is 369 g/mol. The van der Waals surface area contributed by atoms with Crippen LogP contribution in [0.5, 0.6) is 5.75 Å². The van der Waals surface area contributed by atoms with Crippen molar-refractivity contribution in [2.45, 2.75) is 18.9 Å². The molecule has 7 heteroatoms. The minimum absolute atomic E-state index is 0.196. The van der Waals surface area contributed by atoms with Crippen molar-refractivity contribution in [2.24, 2.45) is 5.73 Å². The first kappa shape index (κ1) is 17.5. The van der Waals surface area contributed by atoms with E-state index in [2.05, 4.69) is 5.32 Å². The fourth-order valence-electron chi connectivity index (χ4n) is 3.68. The van der Waals surface area contributed by atoms with Crippen LogP contribution in [0.2, 0.25) is 0 Å². The fraction of sp³-hybridized carbons (Fsp3) is 0.300. The van der Waals surface area contributed by atoms with Crippen molar-refractivity contribution in [3.63, 3.8) is 0 Å². The van der Waals surface area contributed by atoms with Crippen LogP contribution < -0.4 is 15.8 Å². The van der Waals surface area contributed by atoms with E-state index in [1.165, 1.54) is 17.7 Å². The van der Waals surface area contributed by atoms with Gasteiger partial charge in [0.2, 0.25) is 11.8 Å². The minimum atomic E-state index is -0.543. The van der Waals surface area contributed by atoms with Crippen molar-refractivity contribution < 1.29 is 18.7 Å². The summed E-state index contributed by atoms with van der Waals surface area (Å²) in [6.07, 6.45) is 0.833. The molecule has 27 heavy (non-hydrogen) atoms. The number of anilines is 1. The molecule has 1 unspecified atom stereocenters. The number of nitrogens with two attached hydrogens (primary N) is 1. The second kappa shape index (κ2) is 7.00. The van der Waals surface area contributed by atoms with Gasteiger partial charge in [-0.2, -0.15) is 0 Å². The van der Waals surface area contributed by atoms with Gasteiger partial charge in [0.25, 0.3) is 0 Å². The third-order valence-electron chi connectivity index (χ3n) is 5.01. The Morgan fingerprint density at radius 2 is 2.07 bits per heavy atom. The molecule has 1 atom stereocenters. The molecular weight excluding hydrogens is 349 g/mol. The summed E-state index contributed by atoms with van der Waals surface area (Å²) in [5.41, 5.74) is 8.78. The first-order valence-corrected chi connectivity index (χ1v) is 8.85. The zero-order chi connectivity index (χ0) is 19.0. The van der Waals surface area contributed by atoms with Gasteiger partial charge in [-0.15, -0.1) is 0 Å². The van der Waals surface area contributed by atoms with E-state index in [-0.39, 0.29) is 30.8 Å². The molecule has 0 fully saturated rings. The first-order valence-electron chi connectivity index (χ1n) is 8.85. The Kier molecular flexibility index (Phi) is 4.53. The van der Waals surface area contributed by atoms with Crippen molar-refractivity contribution in [3.8, 4) is 5.75 Å².